The summed E-state index contributed by atoms with van der Waals surface area (Å²) in [5, 5.41) is 4.28. The van der Waals surface area contributed by atoms with Crippen LogP contribution in [0, 0.1) is 0 Å². The zero-order valence-electron chi connectivity index (χ0n) is 8.53. The van der Waals surface area contributed by atoms with Crippen molar-refractivity contribution in [1.29, 1.82) is 0 Å². The number of rotatable bonds is 3. The molecule has 2 aromatic rings. The van der Waals surface area contributed by atoms with Gasteiger partial charge in [-0.05, 0) is 6.42 Å². The molecule has 1 heterocycles. The average molecular weight is 222 g/mol. The first-order chi connectivity index (χ1) is 7.33. The smallest absolute Gasteiger partial charge is 0.175 e. The van der Waals surface area contributed by atoms with Gasteiger partial charge in [0.1, 0.15) is 0 Å². The second kappa shape index (κ2) is 4.49. The monoisotopic (exact) mass is 221 g/mol. The van der Waals surface area contributed by atoms with Crippen molar-refractivity contribution < 1.29 is 4.52 Å². The fraction of sp³-hybridized carbons (Fsp3) is 0.250. The van der Waals surface area contributed by atoms with Gasteiger partial charge in [-0.3, -0.25) is 0 Å². The highest BCUT2D eigenvalue weighted by Gasteiger charge is 2.14. The molecule has 2 nitrogen and oxygen atoms in total. The molecule has 2 rings (SSSR count). The van der Waals surface area contributed by atoms with Crippen LogP contribution in [0.4, 0.5) is 0 Å². The third-order valence-corrected chi connectivity index (χ3v) is 2.57. The lowest BCUT2D eigenvalue weighted by atomic mass is 10.1. The van der Waals surface area contributed by atoms with E-state index in [2.05, 4.69) is 12.1 Å². The summed E-state index contributed by atoms with van der Waals surface area (Å²) in [6.45, 7) is 2.11. The van der Waals surface area contributed by atoms with Crippen molar-refractivity contribution in [1.82, 2.24) is 5.16 Å². The van der Waals surface area contributed by atoms with Crippen molar-refractivity contribution in [3.8, 4) is 11.3 Å². The zero-order chi connectivity index (χ0) is 10.7. The SMILES string of the molecule is CCCc1c(Cl)noc1-c1ccccc1. The Bertz CT molecular complexity index is 436. The van der Waals surface area contributed by atoms with Gasteiger partial charge in [0.05, 0.1) is 0 Å². The van der Waals surface area contributed by atoms with E-state index >= 15 is 0 Å². The summed E-state index contributed by atoms with van der Waals surface area (Å²) >= 11 is 5.97. The predicted molar refractivity (Wildman–Crippen MR) is 60.9 cm³/mol. The van der Waals surface area contributed by atoms with Crippen LogP contribution in [0.25, 0.3) is 11.3 Å². The number of halogens is 1. The maximum Gasteiger partial charge on any atom is 0.175 e. The standard InChI is InChI=1S/C12H12ClNO/c1-2-6-10-11(15-14-12(10)13)9-7-4-3-5-8-9/h3-5,7-8H,2,6H2,1H3. The Labute approximate surface area is 93.9 Å². The largest absolute Gasteiger partial charge is 0.354 e. The number of benzene rings is 1. The summed E-state index contributed by atoms with van der Waals surface area (Å²) in [5.41, 5.74) is 2.03. The Morgan fingerprint density at radius 1 is 1.27 bits per heavy atom. The summed E-state index contributed by atoms with van der Waals surface area (Å²) in [5.74, 6) is 0.794. The average Bonchev–Trinajstić information content (AvgIpc) is 2.63. The molecule has 15 heavy (non-hydrogen) atoms. The maximum absolute atomic E-state index is 5.97. The number of nitrogens with zero attached hydrogens (tertiary/aromatic N) is 1. The van der Waals surface area contributed by atoms with Gasteiger partial charge in [0.15, 0.2) is 10.9 Å². The van der Waals surface area contributed by atoms with E-state index in [1.165, 1.54) is 0 Å². The minimum Gasteiger partial charge on any atom is -0.354 e. The van der Waals surface area contributed by atoms with Gasteiger partial charge in [0, 0.05) is 11.1 Å². The van der Waals surface area contributed by atoms with E-state index in [4.69, 9.17) is 16.1 Å². The van der Waals surface area contributed by atoms with E-state index < -0.39 is 0 Å². The molecule has 0 N–H and O–H groups in total. The summed E-state index contributed by atoms with van der Waals surface area (Å²) in [4.78, 5) is 0. The lowest BCUT2D eigenvalue weighted by Crippen LogP contribution is -1.85. The van der Waals surface area contributed by atoms with E-state index in [0.29, 0.717) is 5.15 Å². The summed E-state index contributed by atoms with van der Waals surface area (Å²) < 4.78 is 5.25. The Morgan fingerprint density at radius 2 is 2.00 bits per heavy atom. The molecule has 3 heteroatoms. The summed E-state index contributed by atoms with van der Waals surface area (Å²) in [6, 6.07) is 9.91. The highest BCUT2D eigenvalue weighted by molar-refractivity contribution is 6.30. The van der Waals surface area contributed by atoms with E-state index in [1.807, 2.05) is 30.3 Å². The Kier molecular flexibility index (Phi) is 3.07. The molecule has 0 spiro atoms. The molecule has 78 valence electrons. The highest BCUT2D eigenvalue weighted by Crippen LogP contribution is 2.29. The number of hydrogen-bond acceptors (Lipinski definition) is 2. The topological polar surface area (TPSA) is 26.0 Å². The normalized spacial score (nSPS) is 10.5. The van der Waals surface area contributed by atoms with Gasteiger partial charge in [-0.25, -0.2) is 0 Å². The first-order valence-electron chi connectivity index (χ1n) is 5.02. The molecule has 0 saturated heterocycles. The van der Waals surface area contributed by atoms with Gasteiger partial charge in [0.25, 0.3) is 0 Å². The Morgan fingerprint density at radius 3 is 2.67 bits per heavy atom. The van der Waals surface area contributed by atoms with Crippen molar-refractivity contribution in [3.63, 3.8) is 0 Å². The molecule has 0 saturated carbocycles. The van der Waals surface area contributed by atoms with Crippen LogP contribution in [-0.2, 0) is 6.42 Å². The van der Waals surface area contributed by atoms with Crippen LogP contribution in [0.15, 0.2) is 34.9 Å². The van der Waals surface area contributed by atoms with Crippen LogP contribution in [0.3, 0.4) is 0 Å². The lowest BCUT2D eigenvalue weighted by Gasteiger charge is -1.99. The summed E-state index contributed by atoms with van der Waals surface area (Å²) in [7, 11) is 0. The molecular formula is C12H12ClNO. The van der Waals surface area contributed by atoms with Gasteiger partial charge >= 0.3 is 0 Å². The van der Waals surface area contributed by atoms with Crippen molar-refractivity contribution in [3.05, 3.63) is 41.0 Å². The third-order valence-electron chi connectivity index (χ3n) is 2.28. The third kappa shape index (κ3) is 2.05. The first-order valence-corrected chi connectivity index (χ1v) is 5.40. The second-order valence-corrected chi connectivity index (χ2v) is 3.76. The van der Waals surface area contributed by atoms with E-state index in [1.54, 1.807) is 0 Å². The van der Waals surface area contributed by atoms with E-state index in [9.17, 15) is 0 Å². The second-order valence-electron chi connectivity index (χ2n) is 3.40. The van der Waals surface area contributed by atoms with Gasteiger partial charge < -0.3 is 4.52 Å². The van der Waals surface area contributed by atoms with Crippen molar-refractivity contribution in [2.24, 2.45) is 0 Å². The van der Waals surface area contributed by atoms with Crippen molar-refractivity contribution >= 4 is 11.6 Å². The molecule has 0 aliphatic carbocycles. The fourth-order valence-electron chi connectivity index (χ4n) is 1.57. The first kappa shape index (κ1) is 10.2. The zero-order valence-corrected chi connectivity index (χ0v) is 9.29. The summed E-state index contributed by atoms with van der Waals surface area (Å²) in [6.07, 6.45) is 1.92. The molecule has 0 atom stereocenters. The van der Waals surface area contributed by atoms with Gasteiger partial charge in [-0.1, -0.05) is 60.4 Å². The Hall–Kier alpha value is -1.28. The number of aromatic nitrogens is 1. The van der Waals surface area contributed by atoms with Gasteiger partial charge in [-0.15, -0.1) is 0 Å². The molecule has 0 aliphatic heterocycles. The van der Waals surface area contributed by atoms with Crippen LogP contribution >= 0.6 is 11.6 Å². The van der Waals surface area contributed by atoms with Gasteiger partial charge in [-0.2, -0.15) is 0 Å². The molecular weight excluding hydrogens is 210 g/mol. The lowest BCUT2D eigenvalue weighted by molar-refractivity contribution is 0.432. The molecule has 0 radical (unpaired) electrons. The molecule has 1 aromatic carbocycles. The van der Waals surface area contributed by atoms with Crippen LogP contribution in [-0.4, -0.2) is 5.16 Å². The number of hydrogen-bond donors (Lipinski definition) is 0. The Balaban J connectivity index is 2.44. The molecule has 0 bridgehead atoms. The van der Waals surface area contributed by atoms with Crippen LogP contribution in [0.5, 0.6) is 0 Å². The maximum atomic E-state index is 5.97. The quantitative estimate of drug-likeness (QED) is 0.785. The van der Waals surface area contributed by atoms with E-state index in [-0.39, 0.29) is 0 Å². The van der Waals surface area contributed by atoms with Gasteiger partial charge in [0.2, 0.25) is 0 Å². The van der Waals surface area contributed by atoms with Crippen molar-refractivity contribution in [2.75, 3.05) is 0 Å². The van der Waals surface area contributed by atoms with Crippen molar-refractivity contribution in [2.45, 2.75) is 19.8 Å². The fourth-order valence-corrected chi connectivity index (χ4v) is 1.79. The predicted octanol–water partition coefficient (Wildman–Crippen LogP) is 3.95. The van der Waals surface area contributed by atoms with Crippen LogP contribution in [0.2, 0.25) is 5.15 Å². The highest BCUT2D eigenvalue weighted by atomic mass is 35.5. The molecule has 0 unspecified atom stereocenters. The van der Waals surface area contributed by atoms with Crippen LogP contribution in [0.1, 0.15) is 18.9 Å². The van der Waals surface area contributed by atoms with Crippen LogP contribution < -0.4 is 0 Å². The minimum absolute atomic E-state index is 0.482. The minimum atomic E-state index is 0.482. The molecule has 0 amide bonds. The molecule has 1 aromatic heterocycles. The molecule has 0 fully saturated rings. The molecule has 0 aliphatic rings. The van der Waals surface area contributed by atoms with E-state index in [0.717, 1.165) is 29.7 Å².